The van der Waals surface area contributed by atoms with Crippen molar-refractivity contribution in [3.05, 3.63) is 5.92 Å². The molecule has 3 rings (SSSR count). The van der Waals surface area contributed by atoms with Gasteiger partial charge in [0.05, 0.1) is 6.42 Å². The van der Waals surface area contributed by atoms with Gasteiger partial charge in [-0.1, -0.05) is 13.8 Å². The summed E-state index contributed by atoms with van der Waals surface area (Å²) in [5.41, 5.74) is 1.86. The summed E-state index contributed by atoms with van der Waals surface area (Å²) in [6.07, 6.45) is 8.84. The van der Waals surface area contributed by atoms with Crippen LogP contribution in [0.25, 0.3) is 0 Å². The molecule has 3 aliphatic carbocycles. The molecule has 0 saturated heterocycles. The summed E-state index contributed by atoms with van der Waals surface area (Å²) >= 11 is 0. The van der Waals surface area contributed by atoms with Crippen LogP contribution in [0.5, 0.6) is 0 Å². The molecule has 0 nitrogen and oxygen atoms in total. The minimum atomic E-state index is 0.542. The second kappa shape index (κ2) is 2.57. The maximum absolute atomic E-state index is 2.59. The molecular weight excluding hydrogens is 180 g/mol. The van der Waals surface area contributed by atoms with Crippen LogP contribution >= 0.6 is 0 Å². The molecule has 1 spiro atoms. The molecule has 0 aromatic heterocycles. The average molecular weight is 205 g/mol. The topological polar surface area (TPSA) is 0 Å². The molecule has 0 radical (unpaired) electrons. The third-order valence-corrected chi connectivity index (χ3v) is 6.23. The first kappa shape index (κ1) is 10.1. The zero-order valence-corrected chi connectivity index (χ0v) is 10.8. The van der Waals surface area contributed by atoms with Gasteiger partial charge in [-0.05, 0) is 39.5 Å². The lowest BCUT2D eigenvalue weighted by molar-refractivity contribution is 0.102. The summed E-state index contributed by atoms with van der Waals surface area (Å²) < 4.78 is 0. The Morgan fingerprint density at radius 3 is 2.60 bits per heavy atom. The van der Waals surface area contributed by atoms with E-state index in [1.165, 1.54) is 38.5 Å². The largest absolute Gasteiger partial charge is 0.119 e. The first-order valence-corrected chi connectivity index (χ1v) is 6.79. The molecule has 15 heavy (non-hydrogen) atoms. The fourth-order valence-electron chi connectivity index (χ4n) is 6.04. The maximum atomic E-state index is 2.59. The van der Waals surface area contributed by atoms with Crippen molar-refractivity contribution in [3.8, 4) is 0 Å². The molecule has 0 heteroatoms. The van der Waals surface area contributed by atoms with Gasteiger partial charge in [0, 0.05) is 17.8 Å². The molecule has 0 bridgehead atoms. The second-order valence-corrected chi connectivity index (χ2v) is 7.36. The van der Waals surface area contributed by atoms with Crippen molar-refractivity contribution in [1.29, 1.82) is 0 Å². The zero-order chi connectivity index (χ0) is 10.9. The Morgan fingerprint density at radius 2 is 1.87 bits per heavy atom. The van der Waals surface area contributed by atoms with Gasteiger partial charge in [0.15, 0.2) is 0 Å². The predicted octanol–water partition coefficient (Wildman–Crippen LogP) is 4.60. The van der Waals surface area contributed by atoms with Crippen LogP contribution in [0.1, 0.15) is 66.2 Å². The molecule has 0 aliphatic heterocycles. The Labute approximate surface area is 94.8 Å². The molecule has 0 heterocycles. The molecule has 3 saturated carbocycles. The minimum absolute atomic E-state index is 0.542. The summed E-state index contributed by atoms with van der Waals surface area (Å²) in [4.78, 5) is 0. The van der Waals surface area contributed by atoms with Crippen molar-refractivity contribution in [1.82, 2.24) is 0 Å². The van der Waals surface area contributed by atoms with Crippen LogP contribution < -0.4 is 0 Å². The van der Waals surface area contributed by atoms with E-state index < -0.39 is 0 Å². The third kappa shape index (κ3) is 0.929. The Balaban J connectivity index is 2.12. The summed E-state index contributed by atoms with van der Waals surface area (Å²) in [5, 5.41) is 0. The van der Waals surface area contributed by atoms with Crippen molar-refractivity contribution in [2.45, 2.75) is 66.2 Å². The summed E-state index contributed by atoms with van der Waals surface area (Å²) in [6.45, 7) is 10.1. The molecule has 0 amide bonds. The molecular formula is C15H25+. The maximum Gasteiger partial charge on any atom is 0.119 e. The van der Waals surface area contributed by atoms with Crippen molar-refractivity contribution < 1.29 is 0 Å². The molecule has 0 aromatic rings. The first-order chi connectivity index (χ1) is 6.92. The van der Waals surface area contributed by atoms with Crippen molar-refractivity contribution in [2.24, 2.45) is 22.2 Å². The molecule has 3 fully saturated rings. The van der Waals surface area contributed by atoms with Gasteiger partial charge in [0.25, 0.3) is 0 Å². The van der Waals surface area contributed by atoms with E-state index in [4.69, 9.17) is 0 Å². The van der Waals surface area contributed by atoms with Gasteiger partial charge in [-0.3, -0.25) is 0 Å². The van der Waals surface area contributed by atoms with Gasteiger partial charge in [0.2, 0.25) is 0 Å². The smallest absolute Gasteiger partial charge is 0.0577 e. The van der Waals surface area contributed by atoms with Crippen molar-refractivity contribution in [3.63, 3.8) is 0 Å². The molecule has 1 unspecified atom stereocenters. The number of hydrogen-bond acceptors (Lipinski definition) is 0. The van der Waals surface area contributed by atoms with E-state index in [0.717, 1.165) is 5.92 Å². The molecule has 0 aromatic carbocycles. The fourth-order valence-corrected chi connectivity index (χ4v) is 6.04. The van der Waals surface area contributed by atoms with Gasteiger partial charge in [0.1, 0.15) is 16.7 Å². The lowest BCUT2D eigenvalue weighted by Gasteiger charge is -2.34. The van der Waals surface area contributed by atoms with E-state index in [0.29, 0.717) is 16.2 Å². The summed E-state index contributed by atoms with van der Waals surface area (Å²) in [5.74, 6) is 2.92. The fraction of sp³-hybridized carbons (Fsp3) is 0.933. The Kier molecular flexibility index (Phi) is 1.73. The summed E-state index contributed by atoms with van der Waals surface area (Å²) in [6, 6.07) is 0. The normalized spacial score (nSPS) is 52.0. The quantitative estimate of drug-likeness (QED) is 0.507. The van der Waals surface area contributed by atoms with Crippen molar-refractivity contribution >= 4 is 0 Å². The average Bonchev–Trinajstić information content (AvgIpc) is 2.62. The van der Waals surface area contributed by atoms with Gasteiger partial charge in [-0.2, -0.15) is 0 Å². The molecule has 3 aliphatic rings. The van der Waals surface area contributed by atoms with Gasteiger partial charge in [-0.15, -0.1) is 0 Å². The third-order valence-electron chi connectivity index (χ3n) is 6.23. The van der Waals surface area contributed by atoms with Crippen LogP contribution in [0, 0.1) is 28.1 Å². The van der Waals surface area contributed by atoms with E-state index in [9.17, 15) is 0 Å². The highest BCUT2D eigenvalue weighted by atomic mass is 14.7. The molecule has 3 atom stereocenters. The first-order valence-electron chi connectivity index (χ1n) is 6.79. The van der Waals surface area contributed by atoms with E-state index >= 15 is 0 Å². The highest BCUT2D eigenvalue weighted by Gasteiger charge is 2.77. The molecule has 0 N–H and O–H groups in total. The Hall–Kier alpha value is -0.130. The van der Waals surface area contributed by atoms with Gasteiger partial charge < -0.3 is 0 Å². The zero-order valence-electron chi connectivity index (χ0n) is 10.8. The lowest BCUT2D eigenvalue weighted by Crippen LogP contribution is -2.36. The van der Waals surface area contributed by atoms with E-state index in [-0.39, 0.29) is 0 Å². The van der Waals surface area contributed by atoms with Crippen LogP contribution in [0.2, 0.25) is 0 Å². The SMILES string of the molecule is C[C@@H]1CC[C+]2C(C)(C)C[C@]3(C)CCCC213. The highest BCUT2D eigenvalue weighted by Crippen LogP contribution is 2.78. The minimum Gasteiger partial charge on any atom is -0.0577 e. The second-order valence-electron chi connectivity index (χ2n) is 7.36. The highest BCUT2D eigenvalue weighted by molar-refractivity contribution is 5.32. The van der Waals surface area contributed by atoms with E-state index in [2.05, 4.69) is 27.7 Å². The van der Waals surface area contributed by atoms with E-state index in [1.54, 1.807) is 0 Å². The number of hydrogen-bond donors (Lipinski definition) is 0. The monoisotopic (exact) mass is 205 g/mol. The lowest BCUT2D eigenvalue weighted by atomic mass is 9.62. The van der Waals surface area contributed by atoms with Crippen LogP contribution in [-0.2, 0) is 0 Å². The summed E-state index contributed by atoms with van der Waals surface area (Å²) in [7, 11) is 0. The Morgan fingerprint density at radius 1 is 1.13 bits per heavy atom. The van der Waals surface area contributed by atoms with Crippen LogP contribution in [0.3, 0.4) is 0 Å². The van der Waals surface area contributed by atoms with Crippen molar-refractivity contribution in [2.75, 3.05) is 0 Å². The van der Waals surface area contributed by atoms with Crippen LogP contribution in [0.4, 0.5) is 0 Å². The van der Waals surface area contributed by atoms with Gasteiger partial charge in [-0.25, -0.2) is 0 Å². The molecule has 84 valence electrons. The van der Waals surface area contributed by atoms with E-state index in [1.807, 2.05) is 5.92 Å². The van der Waals surface area contributed by atoms with Gasteiger partial charge >= 0.3 is 0 Å². The Bertz CT molecular complexity index is 290. The number of rotatable bonds is 0. The predicted molar refractivity (Wildman–Crippen MR) is 64.4 cm³/mol. The van der Waals surface area contributed by atoms with Crippen LogP contribution in [0.15, 0.2) is 0 Å². The van der Waals surface area contributed by atoms with Crippen LogP contribution in [-0.4, -0.2) is 0 Å². The standard InChI is InChI=1S/C15H25/c1-11-6-7-12-13(2,3)10-14(4)8-5-9-15(11,12)14/h11H,5-10H2,1-4H3/q+1/t11-,14+,15?/m1/s1.